The van der Waals surface area contributed by atoms with Crippen LogP contribution in [0.5, 0.6) is 0 Å². The number of hydrogen-bond donors (Lipinski definition) is 1. The first kappa shape index (κ1) is 19.0. The van der Waals surface area contributed by atoms with E-state index in [9.17, 15) is 13.6 Å². The molecule has 4 rings (SSSR count). The Balaban J connectivity index is 1.61. The lowest BCUT2D eigenvalue weighted by Gasteiger charge is -2.24. The van der Waals surface area contributed by atoms with Crippen molar-refractivity contribution in [2.24, 2.45) is 0 Å². The molecular weight excluding hydrogens is 378 g/mol. The number of rotatable bonds is 5. The molecular formula is C21H20F2N4O2. The van der Waals surface area contributed by atoms with Gasteiger partial charge in [-0.25, -0.2) is 8.78 Å². The van der Waals surface area contributed by atoms with Crippen molar-refractivity contribution in [3.05, 3.63) is 77.2 Å². The summed E-state index contributed by atoms with van der Waals surface area (Å²) in [7, 11) is 0. The smallest absolute Gasteiger partial charge is 0.318 e. The molecule has 0 bridgehead atoms. The minimum Gasteiger partial charge on any atom is -0.405 e. The zero-order valence-electron chi connectivity index (χ0n) is 15.6. The van der Waals surface area contributed by atoms with Crippen LogP contribution < -0.4 is 10.2 Å². The standard InChI is InChI=1S/C21H20F2N4O2/c22-16-10-9-15(13-17(16)23)19(28)24-18(14-7-3-1-4-8-14)20-25-26-21(29-20)27-11-5-2-6-12-27/h1,3-4,7-10,13,18H,2,5-6,11-12H2,(H,24,28). The molecule has 8 heteroatoms. The van der Waals surface area contributed by atoms with Gasteiger partial charge in [0.25, 0.3) is 5.91 Å². The zero-order valence-corrected chi connectivity index (χ0v) is 15.6. The van der Waals surface area contributed by atoms with Gasteiger partial charge in [0, 0.05) is 18.7 Å². The summed E-state index contributed by atoms with van der Waals surface area (Å²) in [6.07, 6.45) is 3.30. The summed E-state index contributed by atoms with van der Waals surface area (Å²) in [6, 6.07) is 11.9. The van der Waals surface area contributed by atoms with Crippen molar-refractivity contribution in [3.63, 3.8) is 0 Å². The molecule has 1 atom stereocenters. The van der Waals surface area contributed by atoms with Crippen molar-refractivity contribution in [3.8, 4) is 0 Å². The summed E-state index contributed by atoms with van der Waals surface area (Å²) < 4.78 is 32.6. The van der Waals surface area contributed by atoms with Gasteiger partial charge in [0.1, 0.15) is 6.04 Å². The maximum atomic E-state index is 13.5. The Morgan fingerprint density at radius 3 is 2.48 bits per heavy atom. The third kappa shape index (κ3) is 4.26. The van der Waals surface area contributed by atoms with E-state index in [2.05, 4.69) is 15.5 Å². The molecule has 2 heterocycles. The van der Waals surface area contributed by atoms with Gasteiger partial charge in [0.2, 0.25) is 5.89 Å². The number of aromatic nitrogens is 2. The fourth-order valence-electron chi connectivity index (χ4n) is 3.34. The molecule has 0 spiro atoms. The molecule has 0 saturated carbocycles. The number of anilines is 1. The van der Waals surface area contributed by atoms with Crippen LogP contribution in [-0.2, 0) is 0 Å². The average molecular weight is 398 g/mol. The molecule has 1 fully saturated rings. The second kappa shape index (κ2) is 8.38. The molecule has 3 aromatic rings. The van der Waals surface area contributed by atoms with Gasteiger partial charge in [-0.05, 0) is 43.0 Å². The normalized spacial score (nSPS) is 15.2. The number of nitrogens with zero attached hydrogens (tertiary/aromatic N) is 3. The molecule has 150 valence electrons. The van der Waals surface area contributed by atoms with Gasteiger partial charge < -0.3 is 14.6 Å². The molecule has 1 aliphatic rings. The van der Waals surface area contributed by atoms with E-state index in [0.29, 0.717) is 6.01 Å². The Hall–Kier alpha value is -3.29. The quantitative estimate of drug-likeness (QED) is 0.707. The highest BCUT2D eigenvalue weighted by Crippen LogP contribution is 2.26. The maximum Gasteiger partial charge on any atom is 0.318 e. The van der Waals surface area contributed by atoms with Crippen LogP contribution >= 0.6 is 0 Å². The van der Waals surface area contributed by atoms with Crippen molar-refractivity contribution < 1.29 is 18.0 Å². The van der Waals surface area contributed by atoms with Crippen LogP contribution in [0.1, 0.15) is 47.1 Å². The first-order valence-electron chi connectivity index (χ1n) is 9.51. The van der Waals surface area contributed by atoms with E-state index in [1.807, 2.05) is 35.2 Å². The average Bonchev–Trinajstić information content (AvgIpc) is 3.25. The lowest BCUT2D eigenvalue weighted by Crippen LogP contribution is -2.30. The first-order chi connectivity index (χ1) is 14.1. The Morgan fingerprint density at radius 1 is 1.00 bits per heavy atom. The minimum absolute atomic E-state index is 0.000556. The molecule has 1 amide bonds. The molecule has 1 unspecified atom stereocenters. The van der Waals surface area contributed by atoms with Crippen molar-refractivity contribution >= 4 is 11.9 Å². The first-order valence-corrected chi connectivity index (χ1v) is 9.51. The van der Waals surface area contributed by atoms with Crippen LogP contribution in [0.4, 0.5) is 14.8 Å². The van der Waals surface area contributed by atoms with Crippen molar-refractivity contribution in [1.29, 1.82) is 0 Å². The molecule has 1 saturated heterocycles. The Kier molecular flexibility index (Phi) is 5.50. The lowest BCUT2D eigenvalue weighted by atomic mass is 10.1. The molecule has 6 nitrogen and oxygen atoms in total. The number of hydrogen-bond acceptors (Lipinski definition) is 5. The summed E-state index contributed by atoms with van der Waals surface area (Å²) in [4.78, 5) is 14.7. The van der Waals surface area contributed by atoms with Gasteiger partial charge >= 0.3 is 6.01 Å². The van der Waals surface area contributed by atoms with Gasteiger partial charge in [0.05, 0.1) is 0 Å². The topological polar surface area (TPSA) is 71.3 Å². The van der Waals surface area contributed by atoms with Gasteiger partial charge in [-0.2, -0.15) is 0 Å². The largest absolute Gasteiger partial charge is 0.405 e. The molecule has 29 heavy (non-hydrogen) atoms. The Labute approximate surface area is 166 Å². The zero-order chi connectivity index (χ0) is 20.2. The van der Waals surface area contributed by atoms with E-state index in [1.54, 1.807) is 0 Å². The number of carbonyl (C=O) groups excluding carboxylic acids is 1. The van der Waals surface area contributed by atoms with E-state index in [-0.39, 0.29) is 11.5 Å². The van der Waals surface area contributed by atoms with Gasteiger partial charge in [-0.1, -0.05) is 35.4 Å². The molecule has 0 aliphatic carbocycles. The lowest BCUT2D eigenvalue weighted by molar-refractivity contribution is 0.0937. The minimum atomic E-state index is -1.08. The molecule has 1 aliphatic heterocycles. The predicted molar refractivity (Wildman–Crippen MR) is 102 cm³/mol. The van der Waals surface area contributed by atoms with Crippen molar-refractivity contribution in [2.75, 3.05) is 18.0 Å². The van der Waals surface area contributed by atoms with E-state index >= 15 is 0 Å². The van der Waals surface area contributed by atoms with E-state index in [0.717, 1.165) is 43.6 Å². The molecule has 1 N–H and O–H groups in total. The van der Waals surface area contributed by atoms with E-state index < -0.39 is 23.6 Å². The summed E-state index contributed by atoms with van der Waals surface area (Å²) in [5, 5.41) is 11.1. The van der Waals surface area contributed by atoms with Gasteiger partial charge in [0.15, 0.2) is 11.6 Å². The molecule has 2 aromatic carbocycles. The van der Waals surface area contributed by atoms with Crippen molar-refractivity contribution in [2.45, 2.75) is 25.3 Å². The molecule has 1 aromatic heterocycles. The highest BCUT2D eigenvalue weighted by atomic mass is 19.2. The van der Waals surface area contributed by atoms with Crippen LogP contribution in [-0.4, -0.2) is 29.2 Å². The number of amides is 1. The third-order valence-electron chi connectivity index (χ3n) is 4.89. The van der Waals surface area contributed by atoms with Crippen LogP contribution in [0.15, 0.2) is 52.9 Å². The number of halogens is 2. The Bertz CT molecular complexity index is 987. The van der Waals surface area contributed by atoms with Crippen LogP contribution in [0.25, 0.3) is 0 Å². The van der Waals surface area contributed by atoms with E-state index in [1.165, 1.54) is 12.5 Å². The molecule has 0 radical (unpaired) electrons. The summed E-state index contributed by atoms with van der Waals surface area (Å²) in [5.41, 5.74) is 0.734. The summed E-state index contributed by atoms with van der Waals surface area (Å²) in [5.74, 6) is -2.44. The fraction of sp³-hybridized carbons (Fsp3) is 0.286. The number of nitrogens with one attached hydrogen (secondary N) is 1. The van der Waals surface area contributed by atoms with Crippen LogP contribution in [0.3, 0.4) is 0 Å². The maximum absolute atomic E-state index is 13.5. The van der Waals surface area contributed by atoms with E-state index in [4.69, 9.17) is 4.42 Å². The monoisotopic (exact) mass is 398 g/mol. The van der Waals surface area contributed by atoms with Gasteiger partial charge in [-0.15, -0.1) is 5.10 Å². The number of piperidine rings is 1. The second-order valence-electron chi connectivity index (χ2n) is 6.92. The Morgan fingerprint density at radius 2 is 1.76 bits per heavy atom. The SMILES string of the molecule is O=C(NC(c1ccccc1)c1nnc(N2CCCCC2)o1)c1ccc(F)c(F)c1. The number of benzene rings is 2. The summed E-state index contributed by atoms with van der Waals surface area (Å²) >= 11 is 0. The third-order valence-corrected chi connectivity index (χ3v) is 4.89. The highest BCUT2D eigenvalue weighted by molar-refractivity contribution is 5.94. The van der Waals surface area contributed by atoms with Crippen LogP contribution in [0, 0.1) is 11.6 Å². The predicted octanol–water partition coefficient (Wildman–Crippen LogP) is 3.86. The van der Waals surface area contributed by atoms with Crippen LogP contribution in [0.2, 0.25) is 0 Å². The summed E-state index contributed by atoms with van der Waals surface area (Å²) in [6.45, 7) is 1.69. The van der Waals surface area contributed by atoms with Crippen molar-refractivity contribution in [1.82, 2.24) is 15.5 Å². The second-order valence-corrected chi connectivity index (χ2v) is 6.92. The highest BCUT2D eigenvalue weighted by Gasteiger charge is 2.26. The number of carbonyl (C=O) groups is 1. The fourth-order valence-corrected chi connectivity index (χ4v) is 3.34. The van der Waals surface area contributed by atoms with Gasteiger partial charge in [-0.3, -0.25) is 4.79 Å².